The summed E-state index contributed by atoms with van der Waals surface area (Å²) in [6.45, 7) is 0. The molecule has 31 heavy (non-hydrogen) atoms. The number of carboxylic acids is 1. The summed E-state index contributed by atoms with van der Waals surface area (Å²) in [6, 6.07) is 14.9. The standard InChI is InChI=1S/C23H21N3O5/c27-20(13-4-2-1-3-5-13)24-17-10-8-14(9-11-17)21(28)25-26-22(29)18-15-6-7-16(12-15)19(18)23(30)31/h1-11,15-16,18-19H,12H2,(H,24,27)(H,25,28)(H,26,29)(H,30,31)/t15-,16-,18+,19+/m0/s1. The van der Waals surface area contributed by atoms with E-state index in [1.807, 2.05) is 18.2 Å². The van der Waals surface area contributed by atoms with Crippen LogP contribution in [0, 0.1) is 23.7 Å². The van der Waals surface area contributed by atoms with Gasteiger partial charge in [-0.25, -0.2) is 0 Å². The second-order valence-corrected chi connectivity index (χ2v) is 7.68. The number of anilines is 1. The number of hydrogen-bond donors (Lipinski definition) is 4. The van der Waals surface area contributed by atoms with Crippen LogP contribution < -0.4 is 16.2 Å². The summed E-state index contributed by atoms with van der Waals surface area (Å²) >= 11 is 0. The molecule has 0 heterocycles. The molecule has 8 nitrogen and oxygen atoms in total. The Morgan fingerprint density at radius 2 is 1.35 bits per heavy atom. The summed E-state index contributed by atoms with van der Waals surface area (Å²) < 4.78 is 0. The number of hydrazine groups is 1. The molecule has 3 amide bonds. The third-order valence-electron chi connectivity index (χ3n) is 5.79. The van der Waals surface area contributed by atoms with Gasteiger partial charge < -0.3 is 10.4 Å². The maximum absolute atomic E-state index is 12.5. The second-order valence-electron chi connectivity index (χ2n) is 7.68. The molecular formula is C23H21N3O5. The molecule has 0 saturated heterocycles. The number of benzene rings is 2. The first kappa shape index (κ1) is 20.3. The lowest BCUT2D eigenvalue weighted by atomic mass is 9.82. The first-order valence-electron chi connectivity index (χ1n) is 9.92. The van der Waals surface area contributed by atoms with Crippen LogP contribution in [0.25, 0.3) is 0 Å². The van der Waals surface area contributed by atoms with Gasteiger partial charge in [0, 0.05) is 16.8 Å². The summed E-state index contributed by atoms with van der Waals surface area (Å²) in [4.78, 5) is 48.6. The topological polar surface area (TPSA) is 125 Å². The Kier molecular flexibility index (Phi) is 5.53. The van der Waals surface area contributed by atoms with Crippen molar-refractivity contribution in [2.45, 2.75) is 6.42 Å². The van der Waals surface area contributed by atoms with Crippen molar-refractivity contribution in [3.05, 3.63) is 77.9 Å². The maximum atomic E-state index is 12.5. The van der Waals surface area contributed by atoms with Crippen molar-refractivity contribution in [2.75, 3.05) is 5.32 Å². The molecule has 4 rings (SSSR count). The molecule has 158 valence electrons. The molecule has 2 aliphatic rings. The summed E-state index contributed by atoms with van der Waals surface area (Å²) in [6.07, 6.45) is 4.36. The van der Waals surface area contributed by atoms with Crippen molar-refractivity contribution < 1.29 is 24.3 Å². The van der Waals surface area contributed by atoms with Crippen molar-refractivity contribution >= 4 is 29.4 Å². The predicted molar refractivity (Wildman–Crippen MR) is 112 cm³/mol. The smallest absolute Gasteiger partial charge is 0.307 e. The highest BCUT2D eigenvalue weighted by molar-refractivity contribution is 6.04. The molecule has 2 aromatic carbocycles. The molecule has 1 fully saturated rings. The van der Waals surface area contributed by atoms with Crippen molar-refractivity contribution in [1.29, 1.82) is 0 Å². The second kappa shape index (κ2) is 8.43. The fourth-order valence-corrected chi connectivity index (χ4v) is 4.29. The van der Waals surface area contributed by atoms with Crippen LogP contribution in [-0.2, 0) is 9.59 Å². The lowest BCUT2D eigenvalue weighted by Crippen LogP contribution is -2.48. The Morgan fingerprint density at radius 1 is 0.742 bits per heavy atom. The highest BCUT2D eigenvalue weighted by Gasteiger charge is 2.51. The van der Waals surface area contributed by atoms with Crippen molar-refractivity contribution in [3.63, 3.8) is 0 Å². The lowest BCUT2D eigenvalue weighted by molar-refractivity contribution is -0.148. The minimum absolute atomic E-state index is 0.129. The molecule has 0 aliphatic heterocycles. The number of allylic oxidation sites excluding steroid dienone is 2. The Morgan fingerprint density at radius 3 is 2.00 bits per heavy atom. The van der Waals surface area contributed by atoms with E-state index >= 15 is 0 Å². The molecule has 0 radical (unpaired) electrons. The minimum atomic E-state index is -1.00. The van der Waals surface area contributed by atoms with Gasteiger partial charge in [0.1, 0.15) is 0 Å². The molecule has 4 N–H and O–H groups in total. The Hall–Kier alpha value is -3.94. The highest BCUT2D eigenvalue weighted by atomic mass is 16.4. The van der Waals surface area contributed by atoms with Gasteiger partial charge in [-0.3, -0.25) is 30.0 Å². The predicted octanol–water partition coefficient (Wildman–Crippen LogP) is 2.22. The summed E-state index contributed by atoms with van der Waals surface area (Å²) in [7, 11) is 0. The van der Waals surface area contributed by atoms with Gasteiger partial charge in [0.05, 0.1) is 11.8 Å². The number of carboxylic acid groups (broad SMARTS) is 1. The van der Waals surface area contributed by atoms with E-state index in [1.165, 1.54) is 12.1 Å². The Balaban J connectivity index is 1.33. The molecule has 2 bridgehead atoms. The van der Waals surface area contributed by atoms with E-state index in [2.05, 4.69) is 16.2 Å². The average molecular weight is 419 g/mol. The van der Waals surface area contributed by atoms with Gasteiger partial charge in [-0.05, 0) is 54.7 Å². The number of hydrogen-bond acceptors (Lipinski definition) is 4. The molecule has 0 spiro atoms. The van der Waals surface area contributed by atoms with E-state index in [9.17, 15) is 24.3 Å². The van der Waals surface area contributed by atoms with Crippen molar-refractivity contribution in [2.24, 2.45) is 23.7 Å². The highest BCUT2D eigenvalue weighted by Crippen LogP contribution is 2.48. The van der Waals surface area contributed by atoms with Crippen molar-refractivity contribution in [1.82, 2.24) is 10.9 Å². The fourth-order valence-electron chi connectivity index (χ4n) is 4.29. The van der Waals surface area contributed by atoms with Gasteiger partial charge in [0.15, 0.2) is 0 Å². The first-order valence-corrected chi connectivity index (χ1v) is 9.92. The molecular weight excluding hydrogens is 398 g/mol. The zero-order chi connectivity index (χ0) is 22.0. The zero-order valence-corrected chi connectivity index (χ0v) is 16.4. The van der Waals surface area contributed by atoms with Crippen LogP contribution in [0.4, 0.5) is 5.69 Å². The number of carbonyl (C=O) groups is 4. The van der Waals surface area contributed by atoms with E-state index < -0.39 is 29.6 Å². The SMILES string of the molecule is O=C(NNC(=O)[C@H]1[C@H](C(=O)O)[C@H]2C=C[C@H]1C2)c1ccc(NC(=O)c2ccccc2)cc1. The molecule has 1 saturated carbocycles. The van der Waals surface area contributed by atoms with Crippen LogP contribution in [0.2, 0.25) is 0 Å². The summed E-state index contributed by atoms with van der Waals surface area (Å²) in [5.41, 5.74) is 6.01. The average Bonchev–Trinajstić information content (AvgIpc) is 3.40. The number of amides is 3. The zero-order valence-electron chi connectivity index (χ0n) is 16.4. The van der Waals surface area contributed by atoms with Gasteiger partial charge in [-0.15, -0.1) is 0 Å². The quantitative estimate of drug-likeness (QED) is 0.437. The van der Waals surface area contributed by atoms with E-state index in [-0.39, 0.29) is 23.3 Å². The molecule has 2 aromatic rings. The van der Waals surface area contributed by atoms with Crippen LogP contribution in [0.1, 0.15) is 27.1 Å². The fraction of sp³-hybridized carbons (Fsp3) is 0.217. The number of rotatable bonds is 5. The maximum Gasteiger partial charge on any atom is 0.307 e. The largest absolute Gasteiger partial charge is 0.481 e. The minimum Gasteiger partial charge on any atom is -0.481 e. The van der Waals surface area contributed by atoms with Crippen molar-refractivity contribution in [3.8, 4) is 0 Å². The van der Waals surface area contributed by atoms with E-state index in [0.717, 1.165) is 0 Å². The van der Waals surface area contributed by atoms with Gasteiger partial charge in [-0.2, -0.15) is 0 Å². The van der Waals surface area contributed by atoms with E-state index in [4.69, 9.17) is 0 Å². The molecule has 4 atom stereocenters. The number of aliphatic carboxylic acids is 1. The van der Waals surface area contributed by atoms with Gasteiger partial charge in [0.25, 0.3) is 11.8 Å². The molecule has 0 aromatic heterocycles. The lowest BCUT2D eigenvalue weighted by Gasteiger charge is -2.23. The molecule has 2 aliphatic carbocycles. The monoisotopic (exact) mass is 419 g/mol. The van der Waals surface area contributed by atoms with Crippen LogP contribution >= 0.6 is 0 Å². The van der Waals surface area contributed by atoms with Crippen LogP contribution in [0.15, 0.2) is 66.7 Å². The van der Waals surface area contributed by atoms with E-state index in [0.29, 0.717) is 17.7 Å². The van der Waals surface area contributed by atoms with Crippen LogP contribution in [0.5, 0.6) is 0 Å². The number of carbonyl (C=O) groups excluding carboxylic acids is 3. The van der Waals surface area contributed by atoms with Gasteiger partial charge in [-0.1, -0.05) is 30.4 Å². The van der Waals surface area contributed by atoms with Gasteiger partial charge >= 0.3 is 5.97 Å². The Bertz CT molecular complexity index is 1050. The summed E-state index contributed by atoms with van der Waals surface area (Å²) in [5, 5.41) is 12.2. The van der Waals surface area contributed by atoms with Crippen LogP contribution in [-0.4, -0.2) is 28.8 Å². The van der Waals surface area contributed by atoms with Crippen LogP contribution in [0.3, 0.4) is 0 Å². The molecule has 0 unspecified atom stereocenters. The third-order valence-corrected chi connectivity index (χ3v) is 5.79. The number of fused-ring (bicyclic) bond motifs is 2. The molecule has 8 heteroatoms. The third kappa shape index (κ3) is 4.18. The van der Waals surface area contributed by atoms with Gasteiger partial charge in [0.2, 0.25) is 5.91 Å². The first-order chi connectivity index (χ1) is 14.9. The van der Waals surface area contributed by atoms with E-state index in [1.54, 1.807) is 36.4 Å². The Labute approximate surface area is 178 Å². The number of nitrogens with one attached hydrogen (secondary N) is 3. The normalized spacial score (nSPS) is 23.2. The summed E-state index contributed by atoms with van der Waals surface area (Å²) in [5.74, 6) is -4.08.